The first-order valence-corrected chi connectivity index (χ1v) is 7.10. The molecule has 3 nitrogen and oxygen atoms in total. The van der Waals surface area contributed by atoms with Crippen molar-refractivity contribution in [1.82, 2.24) is 4.90 Å². The Morgan fingerprint density at radius 2 is 2.05 bits per heavy atom. The predicted molar refractivity (Wildman–Crippen MR) is 76.6 cm³/mol. The fraction of sp³-hybridized carbons (Fsp3) is 0.562. The van der Waals surface area contributed by atoms with Gasteiger partial charge >= 0.3 is 0 Å². The Bertz CT molecular complexity index is 448. The van der Waals surface area contributed by atoms with Crippen LogP contribution in [0.15, 0.2) is 18.2 Å². The van der Waals surface area contributed by atoms with Crippen molar-refractivity contribution in [1.29, 1.82) is 0 Å². The summed E-state index contributed by atoms with van der Waals surface area (Å²) in [5.41, 5.74) is 2.53. The molecule has 1 amide bonds. The van der Waals surface area contributed by atoms with Gasteiger partial charge in [-0.3, -0.25) is 4.79 Å². The molecule has 1 heterocycles. The van der Waals surface area contributed by atoms with E-state index in [-0.39, 0.29) is 5.91 Å². The molecule has 0 N–H and O–H groups in total. The summed E-state index contributed by atoms with van der Waals surface area (Å²) < 4.78 is 5.76. The van der Waals surface area contributed by atoms with Crippen LogP contribution in [0.4, 0.5) is 0 Å². The SMILES string of the molecule is CCOc1cc(C)ccc1C1CCN(C(C)=O)CC1. The zero-order valence-electron chi connectivity index (χ0n) is 12.1. The minimum atomic E-state index is 0.187. The maximum Gasteiger partial charge on any atom is 0.219 e. The molecule has 19 heavy (non-hydrogen) atoms. The van der Waals surface area contributed by atoms with Gasteiger partial charge in [0.2, 0.25) is 5.91 Å². The van der Waals surface area contributed by atoms with Crippen LogP contribution in [0.5, 0.6) is 5.75 Å². The van der Waals surface area contributed by atoms with Crippen molar-refractivity contribution in [3.05, 3.63) is 29.3 Å². The molecular formula is C16H23NO2. The minimum absolute atomic E-state index is 0.187. The summed E-state index contributed by atoms with van der Waals surface area (Å²) in [7, 11) is 0. The molecule has 0 unspecified atom stereocenters. The highest BCUT2D eigenvalue weighted by atomic mass is 16.5. The number of benzene rings is 1. The number of rotatable bonds is 3. The van der Waals surface area contributed by atoms with Crippen molar-refractivity contribution < 1.29 is 9.53 Å². The standard InChI is InChI=1S/C16H23NO2/c1-4-19-16-11-12(2)5-6-15(16)14-7-9-17(10-8-14)13(3)18/h5-6,11,14H,4,7-10H2,1-3H3. The summed E-state index contributed by atoms with van der Waals surface area (Å²) in [6.07, 6.45) is 2.06. The molecule has 1 aliphatic rings. The van der Waals surface area contributed by atoms with E-state index in [9.17, 15) is 4.79 Å². The Morgan fingerprint density at radius 1 is 1.37 bits per heavy atom. The van der Waals surface area contributed by atoms with E-state index >= 15 is 0 Å². The summed E-state index contributed by atoms with van der Waals surface area (Å²) in [6.45, 7) is 8.18. The monoisotopic (exact) mass is 261 g/mol. The van der Waals surface area contributed by atoms with Gasteiger partial charge in [0.15, 0.2) is 0 Å². The highest BCUT2D eigenvalue weighted by Crippen LogP contribution is 2.34. The van der Waals surface area contributed by atoms with E-state index in [0.717, 1.165) is 31.7 Å². The Balaban J connectivity index is 2.12. The van der Waals surface area contributed by atoms with Gasteiger partial charge in [0.25, 0.3) is 0 Å². The maximum atomic E-state index is 11.4. The summed E-state index contributed by atoms with van der Waals surface area (Å²) >= 11 is 0. The second-order valence-electron chi connectivity index (χ2n) is 5.25. The molecule has 0 radical (unpaired) electrons. The Kier molecular flexibility index (Phi) is 4.46. The van der Waals surface area contributed by atoms with E-state index in [2.05, 4.69) is 25.1 Å². The summed E-state index contributed by atoms with van der Waals surface area (Å²) in [4.78, 5) is 13.3. The molecular weight excluding hydrogens is 238 g/mol. The lowest BCUT2D eigenvalue weighted by molar-refractivity contribution is -0.129. The van der Waals surface area contributed by atoms with E-state index in [1.165, 1.54) is 11.1 Å². The van der Waals surface area contributed by atoms with Gasteiger partial charge in [-0.25, -0.2) is 0 Å². The van der Waals surface area contributed by atoms with Crippen molar-refractivity contribution in [3.63, 3.8) is 0 Å². The number of carbonyl (C=O) groups excluding carboxylic acids is 1. The number of likely N-dealkylation sites (tertiary alicyclic amines) is 1. The minimum Gasteiger partial charge on any atom is -0.494 e. The molecule has 0 aliphatic carbocycles. The maximum absolute atomic E-state index is 11.4. The van der Waals surface area contributed by atoms with Gasteiger partial charge < -0.3 is 9.64 Å². The fourth-order valence-electron chi connectivity index (χ4n) is 2.76. The predicted octanol–water partition coefficient (Wildman–Crippen LogP) is 3.12. The van der Waals surface area contributed by atoms with Crippen LogP contribution in [-0.2, 0) is 4.79 Å². The molecule has 1 fully saturated rings. The van der Waals surface area contributed by atoms with Crippen LogP contribution in [0.1, 0.15) is 43.7 Å². The molecule has 0 saturated carbocycles. The third kappa shape index (κ3) is 3.28. The molecule has 1 aromatic rings. The molecule has 1 saturated heterocycles. The third-order valence-electron chi connectivity index (χ3n) is 3.85. The molecule has 3 heteroatoms. The molecule has 0 bridgehead atoms. The highest BCUT2D eigenvalue weighted by molar-refractivity contribution is 5.73. The average Bonchev–Trinajstić information content (AvgIpc) is 2.39. The summed E-state index contributed by atoms with van der Waals surface area (Å²) in [5.74, 6) is 1.72. The largest absolute Gasteiger partial charge is 0.494 e. The van der Waals surface area contributed by atoms with Crippen molar-refractivity contribution in [3.8, 4) is 5.75 Å². The van der Waals surface area contributed by atoms with Crippen LogP contribution in [0, 0.1) is 6.92 Å². The quantitative estimate of drug-likeness (QED) is 0.836. The first-order chi connectivity index (χ1) is 9.11. The van der Waals surface area contributed by atoms with E-state index < -0.39 is 0 Å². The zero-order valence-corrected chi connectivity index (χ0v) is 12.1. The molecule has 1 aliphatic heterocycles. The first-order valence-electron chi connectivity index (χ1n) is 7.10. The molecule has 0 atom stereocenters. The number of nitrogens with zero attached hydrogens (tertiary/aromatic N) is 1. The lowest BCUT2D eigenvalue weighted by Crippen LogP contribution is -2.36. The van der Waals surface area contributed by atoms with Gasteiger partial charge in [-0.15, -0.1) is 0 Å². The summed E-state index contributed by atoms with van der Waals surface area (Å²) in [5, 5.41) is 0. The molecule has 0 spiro atoms. The van der Waals surface area contributed by atoms with Crippen LogP contribution in [0.2, 0.25) is 0 Å². The number of piperidine rings is 1. The number of amides is 1. The second kappa shape index (κ2) is 6.09. The van der Waals surface area contributed by atoms with E-state index in [1.807, 2.05) is 11.8 Å². The van der Waals surface area contributed by atoms with Gasteiger partial charge in [-0.2, -0.15) is 0 Å². The number of hydrogen-bond donors (Lipinski definition) is 0. The highest BCUT2D eigenvalue weighted by Gasteiger charge is 2.24. The number of carbonyl (C=O) groups is 1. The van der Waals surface area contributed by atoms with Gasteiger partial charge in [0, 0.05) is 20.0 Å². The lowest BCUT2D eigenvalue weighted by Gasteiger charge is -2.32. The third-order valence-corrected chi connectivity index (χ3v) is 3.85. The normalized spacial score (nSPS) is 16.5. The smallest absolute Gasteiger partial charge is 0.219 e. The molecule has 0 aromatic heterocycles. The van der Waals surface area contributed by atoms with Gasteiger partial charge in [0.1, 0.15) is 5.75 Å². The molecule has 1 aromatic carbocycles. The summed E-state index contributed by atoms with van der Waals surface area (Å²) in [6, 6.07) is 6.46. The molecule has 2 rings (SSSR count). The van der Waals surface area contributed by atoms with Gasteiger partial charge in [-0.1, -0.05) is 12.1 Å². The van der Waals surface area contributed by atoms with E-state index in [1.54, 1.807) is 6.92 Å². The van der Waals surface area contributed by atoms with Crippen molar-refractivity contribution >= 4 is 5.91 Å². The Hall–Kier alpha value is -1.51. The zero-order chi connectivity index (χ0) is 13.8. The van der Waals surface area contributed by atoms with Crippen molar-refractivity contribution in [2.75, 3.05) is 19.7 Å². The number of ether oxygens (including phenoxy) is 1. The number of hydrogen-bond acceptors (Lipinski definition) is 2. The van der Waals surface area contributed by atoms with Gasteiger partial charge in [0.05, 0.1) is 6.61 Å². The topological polar surface area (TPSA) is 29.5 Å². The van der Waals surface area contributed by atoms with E-state index in [0.29, 0.717) is 12.5 Å². The van der Waals surface area contributed by atoms with Crippen molar-refractivity contribution in [2.24, 2.45) is 0 Å². The van der Waals surface area contributed by atoms with Gasteiger partial charge in [-0.05, 0) is 49.8 Å². The molecule has 104 valence electrons. The lowest BCUT2D eigenvalue weighted by atomic mass is 9.88. The second-order valence-corrected chi connectivity index (χ2v) is 5.25. The van der Waals surface area contributed by atoms with Crippen LogP contribution >= 0.6 is 0 Å². The number of aryl methyl sites for hydroxylation is 1. The van der Waals surface area contributed by atoms with Crippen LogP contribution in [0.25, 0.3) is 0 Å². The average molecular weight is 261 g/mol. The fourth-order valence-corrected chi connectivity index (χ4v) is 2.76. The Morgan fingerprint density at radius 3 is 2.63 bits per heavy atom. The van der Waals surface area contributed by atoms with Crippen LogP contribution in [-0.4, -0.2) is 30.5 Å². The first kappa shape index (κ1) is 13.9. The van der Waals surface area contributed by atoms with Crippen LogP contribution < -0.4 is 4.74 Å². The Labute approximate surface area is 115 Å². The van der Waals surface area contributed by atoms with Crippen LogP contribution in [0.3, 0.4) is 0 Å². The van der Waals surface area contributed by atoms with E-state index in [4.69, 9.17) is 4.74 Å². The van der Waals surface area contributed by atoms with Crippen molar-refractivity contribution in [2.45, 2.75) is 39.5 Å².